The molecule has 0 saturated carbocycles. The Hall–Kier alpha value is -2.51. The molecule has 0 aliphatic carbocycles. The van der Waals surface area contributed by atoms with Crippen LogP contribution >= 0.6 is 0 Å². The van der Waals surface area contributed by atoms with Crippen LogP contribution in [0, 0.1) is 0 Å². The maximum Gasteiger partial charge on any atom is 0.241 e. The van der Waals surface area contributed by atoms with Crippen LogP contribution in [-0.2, 0) is 10.0 Å². The molecule has 0 bridgehead atoms. The van der Waals surface area contributed by atoms with Crippen LogP contribution in [0.4, 0.5) is 5.69 Å². The quantitative estimate of drug-likeness (QED) is 0.461. The van der Waals surface area contributed by atoms with Crippen molar-refractivity contribution in [3.63, 3.8) is 0 Å². The normalized spacial score (nSPS) is 11.3. The summed E-state index contributed by atoms with van der Waals surface area (Å²) in [6, 6.07) is 10.5. The van der Waals surface area contributed by atoms with E-state index in [1.54, 1.807) is 31.4 Å². The van der Waals surface area contributed by atoms with Gasteiger partial charge in [-0.05, 0) is 49.6 Å². The molecule has 0 amide bonds. The number of benzene rings is 2. The highest BCUT2D eigenvalue weighted by Gasteiger charge is 2.25. The number of nitrogens with zero attached hydrogens (tertiary/aromatic N) is 1. The molecule has 2 aromatic rings. The van der Waals surface area contributed by atoms with Crippen LogP contribution in [0.2, 0.25) is 0 Å². The van der Waals surface area contributed by atoms with Gasteiger partial charge in [-0.1, -0.05) is 44.9 Å². The Labute approximate surface area is 186 Å². The summed E-state index contributed by atoms with van der Waals surface area (Å²) in [5.74, 6) is 1.32. The third-order valence-electron chi connectivity index (χ3n) is 5.00. The van der Waals surface area contributed by atoms with Gasteiger partial charge in [0.05, 0.1) is 12.8 Å². The Balaban J connectivity index is 2.73. The minimum Gasteiger partial charge on any atom is -0.497 e. The fourth-order valence-electron chi connectivity index (χ4n) is 3.22. The highest BCUT2D eigenvalue weighted by Crippen LogP contribution is 2.41. The van der Waals surface area contributed by atoms with E-state index in [4.69, 9.17) is 14.6 Å². The zero-order valence-corrected chi connectivity index (χ0v) is 19.8. The predicted molar refractivity (Wildman–Crippen MR) is 128 cm³/mol. The van der Waals surface area contributed by atoms with Gasteiger partial charge in [0.1, 0.15) is 16.4 Å². The van der Waals surface area contributed by atoms with E-state index in [2.05, 4.69) is 25.3 Å². The van der Waals surface area contributed by atoms with Gasteiger partial charge in [0.15, 0.2) is 5.75 Å². The number of unbranched alkanes of at least 4 members (excludes halogenated alkanes) is 2. The van der Waals surface area contributed by atoms with Gasteiger partial charge >= 0.3 is 0 Å². The van der Waals surface area contributed by atoms with Crippen LogP contribution in [0.15, 0.2) is 47.9 Å². The summed E-state index contributed by atoms with van der Waals surface area (Å²) in [4.78, 5) is 2.13. The average molecular weight is 447 g/mol. The van der Waals surface area contributed by atoms with Crippen LogP contribution in [0.3, 0.4) is 0 Å². The first-order valence-corrected chi connectivity index (χ1v) is 12.2. The van der Waals surface area contributed by atoms with Gasteiger partial charge in [-0.15, -0.1) is 0 Å². The Morgan fingerprint density at radius 3 is 2.19 bits per heavy atom. The smallest absolute Gasteiger partial charge is 0.241 e. The number of rotatable bonds is 12. The summed E-state index contributed by atoms with van der Waals surface area (Å²) in [5.41, 5.74) is 2.18. The SMILES string of the molecule is C=C(C)c1cc(N(CCCC)CCCC)c(Oc2cccc(OC)c2)c(S(N)(=O)=O)c1. The average Bonchev–Trinajstić information content (AvgIpc) is 2.73. The minimum atomic E-state index is -4.05. The van der Waals surface area contributed by atoms with E-state index in [9.17, 15) is 8.42 Å². The van der Waals surface area contributed by atoms with Crippen molar-refractivity contribution in [2.24, 2.45) is 5.14 Å². The fourth-order valence-corrected chi connectivity index (χ4v) is 3.91. The van der Waals surface area contributed by atoms with Crippen LogP contribution in [-0.4, -0.2) is 28.6 Å². The van der Waals surface area contributed by atoms with Gasteiger partial charge in [-0.2, -0.15) is 0 Å². The van der Waals surface area contributed by atoms with Crippen molar-refractivity contribution in [2.75, 3.05) is 25.1 Å². The molecular formula is C24H34N2O4S. The number of ether oxygens (including phenoxy) is 2. The van der Waals surface area contributed by atoms with E-state index in [0.717, 1.165) is 49.9 Å². The molecule has 170 valence electrons. The summed E-state index contributed by atoms with van der Waals surface area (Å²) in [6.45, 7) is 11.7. The van der Waals surface area contributed by atoms with Gasteiger partial charge in [0.2, 0.25) is 10.0 Å². The molecule has 0 aromatic heterocycles. The van der Waals surface area contributed by atoms with Gasteiger partial charge in [0, 0.05) is 19.2 Å². The number of anilines is 1. The van der Waals surface area contributed by atoms with Crippen molar-refractivity contribution in [3.05, 3.63) is 48.5 Å². The largest absolute Gasteiger partial charge is 0.497 e. The Bertz CT molecular complexity index is 995. The molecule has 0 unspecified atom stereocenters. The molecule has 7 heteroatoms. The van der Waals surface area contributed by atoms with Crippen LogP contribution < -0.4 is 19.5 Å². The van der Waals surface area contributed by atoms with Gasteiger partial charge < -0.3 is 14.4 Å². The number of hydrogen-bond donors (Lipinski definition) is 1. The van der Waals surface area contributed by atoms with Crippen LogP contribution in [0.25, 0.3) is 5.57 Å². The first kappa shape index (κ1) is 24.8. The Morgan fingerprint density at radius 1 is 1.06 bits per heavy atom. The molecule has 0 spiro atoms. The van der Waals surface area contributed by atoms with E-state index < -0.39 is 10.0 Å². The molecule has 0 saturated heterocycles. The molecule has 0 atom stereocenters. The Kier molecular flexibility index (Phi) is 8.95. The molecule has 6 nitrogen and oxygen atoms in total. The number of allylic oxidation sites excluding steroid dienone is 1. The molecule has 2 rings (SSSR count). The summed E-state index contributed by atoms with van der Waals surface area (Å²) in [6.07, 6.45) is 4.00. The predicted octanol–water partition coefficient (Wildman–Crippen LogP) is 5.57. The lowest BCUT2D eigenvalue weighted by molar-refractivity contribution is 0.408. The van der Waals surface area contributed by atoms with Crippen molar-refractivity contribution >= 4 is 21.3 Å². The minimum absolute atomic E-state index is 0.0520. The number of hydrogen-bond acceptors (Lipinski definition) is 5. The second kappa shape index (κ2) is 11.2. The molecule has 0 heterocycles. The molecule has 0 radical (unpaired) electrons. The van der Waals surface area contributed by atoms with Crippen LogP contribution in [0.5, 0.6) is 17.2 Å². The summed E-state index contributed by atoms with van der Waals surface area (Å²) >= 11 is 0. The molecule has 0 fully saturated rings. The second-order valence-electron chi connectivity index (χ2n) is 7.62. The van der Waals surface area contributed by atoms with Crippen molar-refractivity contribution in [3.8, 4) is 17.2 Å². The molecular weight excluding hydrogens is 412 g/mol. The van der Waals surface area contributed by atoms with Crippen molar-refractivity contribution in [1.82, 2.24) is 0 Å². The summed E-state index contributed by atoms with van der Waals surface area (Å²) in [5, 5.41) is 5.62. The third-order valence-corrected chi connectivity index (χ3v) is 5.92. The Morgan fingerprint density at radius 2 is 1.68 bits per heavy atom. The highest BCUT2D eigenvalue weighted by atomic mass is 32.2. The lowest BCUT2D eigenvalue weighted by atomic mass is 10.1. The topological polar surface area (TPSA) is 81.9 Å². The molecule has 0 aliphatic heterocycles. The van der Waals surface area contributed by atoms with Crippen molar-refractivity contribution in [1.29, 1.82) is 0 Å². The summed E-state index contributed by atoms with van der Waals surface area (Å²) in [7, 11) is -2.48. The van der Waals surface area contributed by atoms with E-state index in [-0.39, 0.29) is 10.6 Å². The lowest BCUT2D eigenvalue weighted by Gasteiger charge is -2.28. The fraction of sp³-hybridized carbons (Fsp3) is 0.417. The molecule has 2 N–H and O–H groups in total. The highest BCUT2D eigenvalue weighted by molar-refractivity contribution is 7.89. The number of nitrogens with two attached hydrogens (primary N) is 1. The first-order chi connectivity index (χ1) is 14.7. The van der Waals surface area contributed by atoms with Gasteiger partial charge in [0.25, 0.3) is 0 Å². The van der Waals surface area contributed by atoms with E-state index >= 15 is 0 Å². The maximum absolute atomic E-state index is 12.6. The van der Waals surface area contributed by atoms with Gasteiger partial charge in [-0.25, -0.2) is 13.6 Å². The first-order valence-electron chi connectivity index (χ1n) is 10.6. The number of sulfonamides is 1. The standard InChI is InChI=1S/C24H34N2O4S/c1-6-8-13-26(14-9-7-2)22-15-19(18(3)4)16-23(31(25,27)28)24(22)30-21-12-10-11-20(17-21)29-5/h10-12,15-17H,3,6-9,13-14H2,1-2,4-5H3,(H2,25,27,28). The molecule has 31 heavy (non-hydrogen) atoms. The number of primary sulfonamides is 1. The van der Waals surface area contributed by atoms with Gasteiger partial charge in [-0.3, -0.25) is 0 Å². The molecule has 2 aromatic carbocycles. The number of methoxy groups -OCH3 is 1. The zero-order chi connectivity index (χ0) is 23.0. The second-order valence-corrected chi connectivity index (χ2v) is 9.15. The summed E-state index contributed by atoms with van der Waals surface area (Å²) < 4.78 is 36.6. The zero-order valence-electron chi connectivity index (χ0n) is 19.0. The molecule has 0 aliphatic rings. The third kappa shape index (κ3) is 6.74. The van der Waals surface area contributed by atoms with Crippen molar-refractivity contribution < 1.29 is 17.9 Å². The maximum atomic E-state index is 12.6. The van der Waals surface area contributed by atoms with Crippen molar-refractivity contribution in [2.45, 2.75) is 51.3 Å². The van der Waals surface area contributed by atoms with E-state index in [1.165, 1.54) is 6.07 Å². The lowest BCUT2D eigenvalue weighted by Crippen LogP contribution is -2.27. The van der Waals surface area contributed by atoms with E-state index in [0.29, 0.717) is 17.2 Å². The van der Waals surface area contributed by atoms with Crippen LogP contribution in [0.1, 0.15) is 52.0 Å². The van der Waals surface area contributed by atoms with E-state index in [1.807, 2.05) is 13.0 Å². The monoisotopic (exact) mass is 446 g/mol.